The molecule has 1 aromatic heterocycles. The molecule has 0 aliphatic carbocycles. The zero-order chi connectivity index (χ0) is 11.4. The molecule has 7 nitrogen and oxygen atoms in total. The van der Waals surface area contributed by atoms with Crippen LogP contribution in [0.3, 0.4) is 0 Å². The van der Waals surface area contributed by atoms with Crippen LogP contribution in [-0.2, 0) is 4.79 Å². The van der Waals surface area contributed by atoms with Crippen LogP contribution in [0.15, 0.2) is 18.3 Å². The molecule has 0 radical (unpaired) electrons. The summed E-state index contributed by atoms with van der Waals surface area (Å²) in [5.74, 6) is -1.09. The second-order valence-electron chi connectivity index (χ2n) is 2.71. The SMILES string of the molecule is CC(Oc1ccc([N+](=O)[O-])cn1)C(=O)O. The third-order valence-electron chi connectivity index (χ3n) is 1.58. The molecule has 0 saturated heterocycles. The van der Waals surface area contributed by atoms with Crippen LogP contribution in [0.4, 0.5) is 5.69 Å². The first kappa shape index (κ1) is 10.9. The molecule has 0 spiro atoms. The summed E-state index contributed by atoms with van der Waals surface area (Å²) in [5.41, 5.74) is -0.176. The normalized spacial score (nSPS) is 11.8. The van der Waals surface area contributed by atoms with Crippen LogP contribution in [0.2, 0.25) is 0 Å². The Kier molecular flexibility index (Phi) is 3.17. The van der Waals surface area contributed by atoms with Crippen molar-refractivity contribution < 1.29 is 19.6 Å². The highest BCUT2D eigenvalue weighted by molar-refractivity contribution is 5.72. The molecule has 1 aromatic rings. The van der Waals surface area contributed by atoms with Gasteiger partial charge < -0.3 is 9.84 Å². The lowest BCUT2D eigenvalue weighted by molar-refractivity contribution is -0.385. The molecule has 0 aliphatic heterocycles. The number of nitrogens with zero attached hydrogens (tertiary/aromatic N) is 2. The second kappa shape index (κ2) is 4.36. The average Bonchev–Trinajstić information content (AvgIpc) is 2.18. The smallest absolute Gasteiger partial charge is 0.344 e. The van der Waals surface area contributed by atoms with Gasteiger partial charge in [0.2, 0.25) is 5.88 Å². The zero-order valence-corrected chi connectivity index (χ0v) is 7.78. The van der Waals surface area contributed by atoms with Crippen LogP contribution in [0.5, 0.6) is 5.88 Å². The minimum Gasteiger partial charge on any atom is -0.479 e. The molecule has 1 unspecified atom stereocenters. The lowest BCUT2D eigenvalue weighted by Crippen LogP contribution is -2.23. The van der Waals surface area contributed by atoms with Gasteiger partial charge in [-0.15, -0.1) is 0 Å². The van der Waals surface area contributed by atoms with Crippen molar-refractivity contribution in [2.45, 2.75) is 13.0 Å². The Bertz CT molecular complexity index is 375. The van der Waals surface area contributed by atoms with Crippen molar-refractivity contribution in [3.8, 4) is 5.88 Å². The summed E-state index contributed by atoms with van der Waals surface area (Å²) in [5, 5.41) is 18.8. The van der Waals surface area contributed by atoms with Crippen LogP contribution in [0.25, 0.3) is 0 Å². The Morgan fingerprint density at radius 1 is 1.67 bits per heavy atom. The highest BCUT2D eigenvalue weighted by Gasteiger charge is 2.14. The van der Waals surface area contributed by atoms with Crippen LogP contribution >= 0.6 is 0 Å². The number of carbonyl (C=O) groups is 1. The molecule has 0 bridgehead atoms. The van der Waals surface area contributed by atoms with Crippen LogP contribution in [0, 0.1) is 10.1 Å². The third kappa shape index (κ3) is 2.90. The lowest BCUT2D eigenvalue weighted by atomic mass is 10.4. The number of ether oxygens (including phenoxy) is 1. The minimum absolute atomic E-state index is 0.0375. The van der Waals surface area contributed by atoms with Gasteiger partial charge >= 0.3 is 5.97 Å². The number of pyridine rings is 1. The number of rotatable bonds is 4. The molecule has 80 valence electrons. The summed E-state index contributed by atoms with van der Waals surface area (Å²) in [6.07, 6.45) is -0.0388. The number of hydrogen-bond donors (Lipinski definition) is 1. The fraction of sp³-hybridized carbons (Fsp3) is 0.250. The van der Waals surface area contributed by atoms with Gasteiger partial charge in [0.05, 0.1) is 4.92 Å². The van der Waals surface area contributed by atoms with Crippen molar-refractivity contribution in [2.75, 3.05) is 0 Å². The maximum Gasteiger partial charge on any atom is 0.344 e. The summed E-state index contributed by atoms with van der Waals surface area (Å²) in [4.78, 5) is 23.7. The Morgan fingerprint density at radius 3 is 2.73 bits per heavy atom. The molecule has 1 atom stereocenters. The van der Waals surface area contributed by atoms with E-state index in [9.17, 15) is 14.9 Å². The highest BCUT2D eigenvalue weighted by atomic mass is 16.6. The molecule has 1 rings (SSSR count). The fourth-order valence-electron chi connectivity index (χ4n) is 0.782. The molecular formula is C8H8N2O5. The fourth-order valence-corrected chi connectivity index (χ4v) is 0.782. The van der Waals surface area contributed by atoms with E-state index in [1.54, 1.807) is 0 Å². The number of hydrogen-bond acceptors (Lipinski definition) is 5. The molecule has 0 fully saturated rings. The van der Waals surface area contributed by atoms with Gasteiger partial charge in [0.15, 0.2) is 6.10 Å². The van der Waals surface area contributed by atoms with Crippen molar-refractivity contribution in [3.05, 3.63) is 28.4 Å². The van der Waals surface area contributed by atoms with E-state index in [2.05, 4.69) is 4.98 Å². The summed E-state index contributed by atoms with van der Waals surface area (Å²) < 4.78 is 4.88. The average molecular weight is 212 g/mol. The quantitative estimate of drug-likeness (QED) is 0.586. The van der Waals surface area contributed by atoms with Crippen LogP contribution in [0.1, 0.15) is 6.92 Å². The predicted molar refractivity (Wildman–Crippen MR) is 48.6 cm³/mol. The van der Waals surface area contributed by atoms with Gasteiger partial charge in [-0.05, 0) is 6.92 Å². The lowest BCUT2D eigenvalue weighted by Gasteiger charge is -2.08. The highest BCUT2D eigenvalue weighted by Crippen LogP contribution is 2.14. The largest absolute Gasteiger partial charge is 0.479 e. The Hall–Kier alpha value is -2.18. The summed E-state index contributed by atoms with van der Waals surface area (Å²) in [7, 11) is 0. The zero-order valence-electron chi connectivity index (χ0n) is 7.78. The Balaban J connectivity index is 2.72. The first-order valence-electron chi connectivity index (χ1n) is 4.00. The topological polar surface area (TPSA) is 103 Å². The van der Waals surface area contributed by atoms with E-state index in [0.717, 1.165) is 6.20 Å². The van der Waals surface area contributed by atoms with E-state index in [0.29, 0.717) is 0 Å². The minimum atomic E-state index is -1.13. The van der Waals surface area contributed by atoms with Crippen LogP contribution in [-0.4, -0.2) is 27.1 Å². The van der Waals surface area contributed by atoms with E-state index in [1.807, 2.05) is 0 Å². The van der Waals surface area contributed by atoms with Gasteiger partial charge in [-0.2, -0.15) is 0 Å². The Morgan fingerprint density at radius 2 is 2.33 bits per heavy atom. The molecule has 1 N–H and O–H groups in total. The molecule has 15 heavy (non-hydrogen) atoms. The maximum atomic E-state index is 10.4. The molecule has 0 amide bonds. The van der Waals surface area contributed by atoms with Crippen LogP contribution < -0.4 is 4.74 Å². The molecule has 0 aromatic carbocycles. The second-order valence-corrected chi connectivity index (χ2v) is 2.71. The molecular weight excluding hydrogens is 204 g/mol. The van der Waals surface area contributed by atoms with E-state index in [4.69, 9.17) is 9.84 Å². The van der Waals surface area contributed by atoms with Crippen molar-refractivity contribution >= 4 is 11.7 Å². The molecule has 1 heterocycles. The van der Waals surface area contributed by atoms with Gasteiger partial charge in [0.25, 0.3) is 5.69 Å². The van der Waals surface area contributed by atoms with E-state index < -0.39 is 17.0 Å². The first-order chi connectivity index (χ1) is 7.00. The summed E-state index contributed by atoms with van der Waals surface area (Å²) >= 11 is 0. The van der Waals surface area contributed by atoms with Gasteiger partial charge in [0, 0.05) is 12.1 Å². The molecule has 0 aliphatic rings. The number of nitro groups is 1. The third-order valence-corrected chi connectivity index (χ3v) is 1.58. The number of carboxylic acids is 1. The molecule has 7 heteroatoms. The van der Waals surface area contributed by atoms with Gasteiger partial charge in [-0.25, -0.2) is 9.78 Å². The van der Waals surface area contributed by atoms with Crippen molar-refractivity contribution in [3.63, 3.8) is 0 Å². The number of carboxylic acid groups (broad SMARTS) is 1. The van der Waals surface area contributed by atoms with Crippen molar-refractivity contribution in [1.29, 1.82) is 0 Å². The predicted octanol–water partition coefficient (Wildman–Crippen LogP) is 0.842. The summed E-state index contributed by atoms with van der Waals surface area (Å²) in [6, 6.07) is 2.44. The van der Waals surface area contributed by atoms with Gasteiger partial charge in [0.1, 0.15) is 6.20 Å². The van der Waals surface area contributed by atoms with E-state index >= 15 is 0 Å². The van der Waals surface area contributed by atoms with E-state index in [-0.39, 0.29) is 11.6 Å². The number of aromatic nitrogens is 1. The summed E-state index contributed by atoms with van der Waals surface area (Å²) in [6.45, 7) is 1.34. The van der Waals surface area contributed by atoms with Crippen molar-refractivity contribution in [1.82, 2.24) is 4.98 Å². The van der Waals surface area contributed by atoms with E-state index in [1.165, 1.54) is 19.1 Å². The first-order valence-corrected chi connectivity index (χ1v) is 4.00. The monoisotopic (exact) mass is 212 g/mol. The number of aliphatic carboxylic acids is 1. The van der Waals surface area contributed by atoms with Crippen molar-refractivity contribution in [2.24, 2.45) is 0 Å². The Labute approximate surface area is 84.5 Å². The standard InChI is InChI=1S/C8H8N2O5/c1-5(8(11)12)15-7-3-2-6(4-9-7)10(13)14/h2-5H,1H3,(H,11,12). The van der Waals surface area contributed by atoms with Gasteiger partial charge in [-0.3, -0.25) is 10.1 Å². The maximum absolute atomic E-state index is 10.4. The van der Waals surface area contributed by atoms with Gasteiger partial charge in [-0.1, -0.05) is 0 Å². The molecule has 0 saturated carbocycles.